The molecule has 3 saturated carbocycles. The fourth-order valence-corrected chi connectivity index (χ4v) is 10.2. The van der Waals surface area contributed by atoms with Crippen LogP contribution in [0.15, 0.2) is 48.5 Å². The zero-order chi connectivity index (χ0) is 45.4. The van der Waals surface area contributed by atoms with Crippen LogP contribution in [0.3, 0.4) is 0 Å². The molecule has 2 aromatic rings. The predicted molar refractivity (Wildman–Crippen MR) is 246 cm³/mol. The minimum absolute atomic E-state index is 0.0183. The Morgan fingerprint density at radius 1 is 0.758 bits per heavy atom. The summed E-state index contributed by atoms with van der Waals surface area (Å²) in [6.07, 6.45) is 6.00. The largest absolute Gasteiger partial charge is 0.461 e. The number of nitrogens with two attached hydrogens (primary N) is 2. The molecule has 2 aromatic carbocycles. The lowest BCUT2D eigenvalue weighted by atomic mass is 9.43. The van der Waals surface area contributed by atoms with E-state index in [0.29, 0.717) is 80.5 Å². The van der Waals surface area contributed by atoms with Gasteiger partial charge in [-0.25, -0.2) is 0 Å². The van der Waals surface area contributed by atoms with Crippen molar-refractivity contribution in [1.29, 1.82) is 0 Å². The maximum atomic E-state index is 14.0. The van der Waals surface area contributed by atoms with Crippen LogP contribution in [0, 0.1) is 35.0 Å². The first-order valence-corrected chi connectivity index (χ1v) is 23.5. The number of amides is 2. The highest BCUT2D eigenvalue weighted by Gasteiger charge is 2.68. The Bertz CT molecular complexity index is 1860. The van der Waals surface area contributed by atoms with Crippen molar-refractivity contribution in [3.05, 3.63) is 59.1 Å². The van der Waals surface area contributed by atoms with Gasteiger partial charge in [0.2, 0.25) is 11.8 Å². The molecule has 6 N–H and O–H groups in total. The Balaban J connectivity index is 1.19. The molecule has 1 aliphatic heterocycles. The number of carbonyl (C=O) groups is 5. The van der Waals surface area contributed by atoms with E-state index in [1.807, 2.05) is 57.2 Å². The van der Waals surface area contributed by atoms with E-state index in [2.05, 4.69) is 31.4 Å². The summed E-state index contributed by atoms with van der Waals surface area (Å²) < 4.78 is 13.1. The number of hydrogen-bond donors (Lipinski definition) is 4. The number of unbranched alkanes of at least 4 members (excludes halogenated alkanes) is 2. The van der Waals surface area contributed by atoms with Gasteiger partial charge in [0.1, 0.15) is 0 Å². The number of nitrogens with one attached hydrogen (secondary N) is 2. The molecule has 11 nitrogen and oxygen atoms in total. The van der Waals surface area contributed by atoms with Crippen molar-refractivity contribution in [2.75, 3.05) is 13.1 Å². The first-order chi connectivity index (χ1) is 29.4. The summed E-state index contributed by atoms with van der Waals surface area (Å²) in [7, 11) is -0.492. The van der Waals surface area contributed by atoms with E-state index in [4.69, 9.17) is 32.4 Å². The number of ketones is 3. The minimum Gasteiger partial charge on any atom is -0.405 e. The van der Waals surface area contributed by atoms with Gasteiger partial charge in [-0.15, -0.1) is 0 Å². The maximum absolute atomic E-state index is 14.0. The van der Waals surface area contributed by atoms with Gasteiger partial charge in [0, 0.05) is 41.7 Å². The lowest BCUT2D eigenvalue weighted by Crippen LogP contribution is -2.65. The number of Topliss-reactive ketones (excluding diaryl/α,β-unsaturated/α-hetero) is 3. The standard InChI is InChI=1S/C49H72BClN4O7/c1-30(2)24-40(43(58)26-32(4)50-61-45-29-37-28-44(48(37,5)6)49(45,7)62-50)55-46(59)31(3)25-42(57)39(13-9-11-23-53)54-47(60)36(12-8-10-22-52)27-41(56)35-16-14-33(15-17-35)34-18-20-38(51)21-19-34/h14-21,30-32,36-37,39-40,44-45H,8-13,22-29,52-53H2,1-7H3,(H,54,60)(H,55,59)/t31-,32-,36-,37+,39+,40+,44+,45?,49+/m1/s1. The van der Waals surface area contributed by atoms with Crippen LogP contribution in [-0.4, -0.2) is 73.2 Å². The van der Waals surface area contributed by atoms with Crippen molar-refractivity contribution in [2.24, 2.45) is 46.5 Å². The average molecular weight is 875 g/mol. The Morgan fingerprint density at radius 2 is 1.34 bits per heavy atom. The topological polar surface area (TPSA) is 180 Å². The monoisotopic (exact) mass is 875 g/mol. The molecule has 9 atom stereocenters. The van der Waals surface area contributed by atoms with Crippen LogP contribution in [0.2, 0.25) is 10.8 Å². The van der Waals surface area contributed by atoms with Gasteiger partial charge in [-0.2, -0.15) is 0 Å². The summed E-state index contributed by atoms with van der Waals surface area (Å²) >= 11 is 6.05. The van der Waals surface area contributed by atoms with E-state index >= 15 is 0 Å². The second-order valence-corrected chi connectivity index (χ2v) is 20.2. The average Bonchev–Trinajstić information content (AvgIpc) is 3.60. The number of rotatable bonds is 25. The normalized spacial score (nSPS) is 23.7. The predicted octanol–water partition coefficient (Wildman–Crippen LogP) is 8.14. The maximum Gasteiger partial charge on any atom is 0.461 e. The van der Waals surface area contributed by atoms with E-state index in [-0.39, 0.29) is 71.4 Å². The number of carbonyl (C=O) groups excluding carboxylic acids is 5. The zero-order valence-electron chi connectivity index (χ0n) is 38.2. The molecule has 340 valence electrons. The van der Waals surface area contributed by atoms with Gasteiger partial charge in [-0.3, -0.25) is 24.0 Å². The van der Waals surface area contributed by atoms with Gasteiger partial charge >= 0.3 is 7.12 Å². The van der Waals surface area contributed by atoms with Crippen LogP contribution in [-0.2, 0) is 28.5 Å². The van der Waals surface area contributed by atoms with E-state index in [1.165, 1.54) is 0 Å². The third-order valence-corrected chi connectivity index (χ3v) is 14.4. The molecule has 0 aromatic heterocycles. The Kier molecular flexibility index (Phi) is 17.6. The van der Waals surface area contributed by atoms with E-state index in [1.54, 1.807) is 19.1 Å². The quantitative estimate of drug-likeness (QED) is 0.0435. The summed E-state index contributed by atoms with van der Waals surface area (Å²) in [4.78, 5) is 69.1. The van der Waals surface area contributed by atoms with Gasteiger partial charge in [0.15, 0.2) is 17.3 Å². The molecule has 0 spiro atoms. The van der Waals surface area contributed by atoms with Crippen LogP contribution in [0.1, 0.15) is 136 Å². The zero-order valence-corrected chi connectivity index (χ0v) is 38.9. The lowest BCUT2D eigenvalue weighted by molar-refractivity contribution is -0.199. The highest BCUT2D eigenvalue weighted by Crippen LogP contribution is 2.66. The molecule has 1 heterocycles. The van der Waals surface area contributed by atoms with Crippen LogP contribution in [0.4, 0.5) is 0 Å². The van der Waals surface area contributed by atoms with Gasteiger partial charge in [0.05, 0.1) is 23.8 Å². The van der Waals surface area contributed by atoms with Crippen LogP contribution in [0.25, 0.3) is 11.1 Å². The third kappa shape index (κ3) is 12.2. The first kappa shape index (κ1) is 49.6. The summed E-state index contributed by atoms with van der Waals surface area (Å²) in [6, 6.07) is 13.1. The molecular formula is C49H72BClN4O7. The molecule has 3 aliphatic carbocycles. The van der Waals surface area contributed by atoms with Crippen molar-refractivity contribution in [3.8, 4) is 11.1 Å². The SMILES string of the molecule is CC(C)C[C@H](NC(=O)[C@H](C)CC(=O)[C@H](CCCCN)NC(=O)[C@H](CCCCN)CC(=O)c1ccc(-c2ccc(Cl)cc2)cc1)C(=O)C[C@@H](C)B1OC2C[C@@H]3C[C@@H](C3(C)C)[C@]2(C)O1. The van der Waals surface area contributed by atoms with E-state index < -0.39 is 36.9 Å². The van der Waals surface area contributed by atoms with Crippen molar-refractivity contribution < 1.29 is 33.3 Å². The van der Waals surface area contributed by atoms with E-state index in [9.17, 15) is 24.0 Å². The van der Waals surface area contributed by atoms with Crippen LogP contribution >= 0.6 is 11.6 Å². The fourth-order valence-electron chi connectivity index (χ4n) is 10.1. The van der Waals surface area contributed by atoms with Crippen molar-refractivity contribution in [1.82, 2.24) is 10.6 Å². The van der Waals surface area contributed by atoms with E-state index in [0.717, 1.165) is 24.0 Å². The summed E-state index contributed by atoms with van der Waals surface area (Å²) in [6.45, 7) is 15.4. The molecule has 2 bridgehead atoms. The second kappa shape index (κ2) is 22.0. The number of hydrogen-bond acceptors (Lipinski definition) is 9. The minimum atomic E-state index is -0.863. The second-order valence-electron chi connectivity index (χ2n) is 19.8. The molecule has 0 radical (unpaired) electrons. The molecule has 2 amide bonds. The van der Waals surface area contributed by atoms with Crippen LogP contribution < -0.4 is 22.1 Å². The van der Waals surface area contributed by atoms with Crippen molar-refractivity contribution >= 4 is 47.9 Å². The van der Waals surface area contributed by atoms with Gasteiger partial charge < -0.3 is 31.4 Å². The number of benzene rings is 2. The Morgan fingerprint density at radius 3 is 1.94 bits per heavy atom. The molecule has 6 rings (SSSR count). The third-order valence-electron chi connectivity index (χ3n) is 14.2. The summed E-state index contributed by atoms with van der Waals surface area (Å²) in [5, 5.41) is 6.59. The summed E-state index contributed by atoms with van der Waals surface area (Å²) in [5.41, 5.74) is 13.8. The van der Waals surface area contributed by atoms with Gasteiger partial charge in [-0.05, 0) is 124 Å². The molecule has 13 heteroatoms. The highest BCUT2D eigenvalue weighted by molar-refractivity contribution is 6.47. The molecule has 4 fully saturated rings. The smallest absolute Gasteiger partial charge is 0.405 e. The summed E-state index contributed by atoms with van der Waals surface area (Å²) in [5.74, 6) is -1.78. The molecule has 4 aliphatic rings. The molecule has 1 saturated heterocycles. The lowest BCUT2D eigenvalue weighted by Gasteiger charge is -2.64. The van der Waals surface area contributed by atoms with Crippen molar-refractivity contribution in [2.45, 2.75) is 155 Å². The van der Waals surface area contributed by atoms with Crippen molar-refractivity contribution in [3.63, 3.8) is 0 Å². The number of halogens is 1. The fraction of sp³-hybridized carbons (Fsp3) is 0.653. The Hall–Kier alpha value is -3.42. The van der Waals surface area contributed by atoms with Gasteiger partial charge in [0.25, 0.3) is 0 Å². The first-order valence-electron chi connectivity index (χ1n) is 23.2. The molecule has 1 unspecified atom stereocenters. The Labute approximate surface area is 375 Å². The highest BCUT2D eigenvalue weighted by atomic mass is 35.5. The molecular weight excluding hydrogens is 803 g/mol. The molecule has 62 heavy (non-hydrogen) atoms. The van der Waals surface area contributed by atoms with Crippen LogP contribution in [0.5, 0.6) is 0 Å². The van der Waals surface area contributed by atoms with Gasteiger partial charge in [-0.1, -0.05) is 96.0 Å².